The van der Waals surface area contributed by atoms with Gasteiger partial charge in [0.2, 0.25) is 0 Å². The Morgan fingerprint density at radius 1 is 1.20 bits per heavy atom. The van der Waals surface area contributed by atoms with E-state index in [1.807, 2.05) is 18.2 Å². The van der Waals surface area contributed by atoms with Crippen LogP contribution in [0.25, 0.3) is 0 Å². The summed E-state index contributed by atoms with van der Waals surface area (Å²) in [4.78, 5) is 15.0. The van der Waals surface area contributed by atoms with E-state index >= 15 is 0 Å². The van der Waals surface area contributed by atoms with Gasteiger partial charge in [0.25, 0.3) is 5.69 Å². The number of piperazine rings is 1. The smallest absolute Gasteiger partial charge is 0.269 e. The molecule has 134 valence electrons. The number of hydrogen-bond acceptors (Lipinski definition) is 6. The lowest BCUT2D eigenvalue weighted by atomic mass is 10.1. The molecule has 2 fully saturated rings. The average molecular weight is 344 g/mol. The zero-order chi connectivity index (χ0) is 17.6. The summed E-state index contributed by atoms with van der Waals surface area (Å²) < 4.78 is 5.93. The van der Waals surface area contributed by atoms with E-state index in [9.17, 15) is 10.1 Å². The van der Waals surface area contributed by atoms with E-state index in [0.717, 1.165) is 31.7 Å². The summed E-state index contributed by atoms with van der Waals surface area (Å²) in [7, 11) is 2.14. The van der Waals surface area contributed by atoms with Crippen molar-refractivity contribution in [3.05, 3.63) is 64.4 Å². The van der Waals surface area contributed by atoms with E-state index in [1.54, 1.807) is 12.1 Å². The molecule has 0 bridgehead atoms. The fraction of sp³-hybridized carbons (Fsp3) is 0.444. The minimum Gasteiger partial charge on any atom is -0.375 e. The molecule has 2 atom stereocenters. The molecule has 1 N–H and O–H groups in total. The maximum atomic E-state index is 10.7. The lowest BCUT2D eigenvalue weighted by Crippen LogP contribution is -2.41. The molecule has 25 heavy (non-hydrogen) atoms. The van der Waals surface area contributed by atoms with Gasteiger partial charge in [0.1, 0.15) is 6.23 Å². The summed E-state index contributed by atoms with van der Waals surface area (Å²) >= 11 is 0. The van der Waals surface area contributed by atoms with Gasteiger partial charge in [-0.3, -0.25) is 15.4 Å². The van der Waals surface area contributed by atoms with Gasteiger partial charge in [-0.25, -0.2) is 0 Å². The fourth-order valence-electron chi connectivity index (χ4n) is 2.92. The molecule has 1 aromatic carbocycles. The van der Waals surface area contributed by atoms with Crippen LogP contribution in [-0.2, 0) is 4.74 Å². The number of hydrogen-bond donors (Lipinski definition) is 1. The summed E-state index contributed by atoms with van der Waals surface area (Å²) in [6.07, 6.45) is 7.91. The van der Waals surface area contributed by atoms with Crippen molar-refractivity contribution in [2.24, 2.45) is 0 Å². The third-order valence-electron chi connectivity index (χ3n) is 4.52. The fourth-order valence-corrected chi connectivity index (χ4v) is 2.92. The van der Waals surface area contributed by atoms with Gasteiger partial charge < -0.3 is 14.5 Å². The van der Waals surface area contributed by atoms with Crippen LogP contribution in [0.15, 0.2) is 48.7 Å². The highest BCUT2D eigenvalue weighted by Crippen LogP contribution is 2.25. The first-order chi connectivity index (χ1) is 12.1. The predicted molar refractivity (Wildman–Crippen MR) is 96.1 cm³/mol. The Hall–Kier alpha value is -2.22. The van der Waals surface area contributed by atoms with Crippen LogP contribution < -0.4 is 5.32 Å². The number of nitro benzene ring substituents is 1. The number of allylic oxidation sites excluding steroid dienone is 2. The van der Waals surface area contributed by atoms with Crippen molar-refractivity contribution < 1.29 is 9.66 Å². The highest BCUT2D eigenvalue weighted by atomic mass is 16.6. The molecule has 2 unspecified atom stereocenters. The second kappa shape index (κ2) is 8.24. The molecule has 7 nitrogen and oxygen atoms in total. The van der Waals surface area contributed by atoms with Crippen LogP contribution in [0.5, 0.6) is 0 Å². The first-order valence-corrected chi connectivity index (χ1v) is 8.52. The highest BCUT2D eigenvalue weighted by Gasteiger charge is 2.24. The molecule has 0 amide bonds. The second-order valence-corrected chi connectivity index (χ2v) is 6.37. The maximum Gasteiger partial charge on any atom is 0.269 e. The minimum atomic E-state index is -0.393. The summed E-state index contributed by atoms with van der Waals surface area (Å²) in [6.45, 7) is 4.99. The number of benzene rings is 1. The Labute approximate surface area is 147 Å². The Morgan fingerprint density at radius 2 is 1.92 bits per heavy atom. The molecule has 2 saturated heterocycles. The normalized spacial score (nSPS) is 25.2. The molecule has 0 aromatic heterocycles. The lowest BCUT2D eigenvalue weighted by molar-refractivity contribution is -0.384. The Balaban J connectivity index is 1.47. The molecule has 2 heterocycles. The maximum absolute atomic E-state index is 10.7. The summed E-state index contributed by atoms with van der Waals surface area (Å²) in [5.74, 6) is 0. The molecule has 1 aromatic rings. The number of ether oxygens (including phenoxy) is 1. The van der Waals surface area contributed by atoms with E-state index < -0.39 is 4.92 Å². The van der Waals surface area contributed by atoms with Gasteiger partial charge in [0.15, 0.2) is 0 Å². The van der Waals surface area contributed by atoms with Crippen LogP contribution >= 0.6 is 0 Å². The first-order valence-electron chi connectivity index (χ1n) is 8.52. The van der Waals surface area contributed by atoms with Crippen molar-refractivity contribution in [1.29, 1.82) is 0 Å². The SMILES string of the molecule is CN1CCN(/C=C/C=C/C2NCC(c3ccc([N+](=O)[O-])cc3)O2)CC1. The van der Waals surface area contributed by atoms with Gasteiger partial charge >= 0.3 is 0 Å². The monoisotopic (exact) mass is 344 g/mol. The van der Waals surface area contributed by atoms with Crippen LogP contribution in [0.4, 0.5) is 5.69 Å². The molecule has 0 aliphatic carbocycles. The number of nitrogens with zero attached hydrogens (tertiary/aromatic N) is 3. The Kier molecular flexibility index (Phi) is 5.80. The van der Waals surface area contributed by atoms with Gasteiger partial charge in [-0.1, -0.05) is 6.08 Å². The molecule has 0 spiro atoms. The first kappa shape index (κ1) is 17.6. The molecule has 3 rings (SSSR count). The van der Waals surface area contributed by atoms with E-state index in [4.69, 9.17) is 4.74 Å². The van der Waals surface area contributed by atoms with Crippen LogP contribution in [0.3, 0.4) is 0 Å². The third-order valence-corrected chi connectivity index (χ3v) is 4.52. The number of likely N-dealkylation sites (N-methyl/N-ethyl adjacent to an activating group) is 1. The minimum absolute atomic E-state index is 0.0861. The Bertz CT molecular complexity index is 636. The third kappa shape index (κ3) is 4.88. The molecule has 7 heteroatoms. The quantitative estimate of drug-likeness (QED) is 0.500. The molecular weight excluding hydrogens is 320 g/mol. The molecule has 2 aliphatic rings. The predicted octanol–water partition coefficient (Wildman–Crippen LogP) is 1.90. The molecular formula is C18H24N4O3. The van der Waals surface area contributed by atoms with Crippen LogP contribution in [-0.4, -0.2) is 60.7 Å². The summed E-state index contributed by atoms with van der Waals surface area (Å²) in [5, 5.41) is 14.0. The highest BCUT2D eigenvalue weighted by molar-refractivity contribution is 5.34. The van der Waals surface area contributed by atoms with E-state index in [2.05, 4.69) is 28.4 Å². The van der Waals surface area contributed by atoms with Crippen molar-refractivity contribution in [2.45, 2.75) is 12.3 Å². The summed E-state index contributed by atoms with van der Waals surface area (Å²) in [5.41, 5.74) is 1.04. The van der Waals surface area contributed by atoms with Crippen molar-refractivity contribution in [3.63, 3.8) is 0 Å². The average Bonchev–Trinajstić information content (AvgIpc) is 3.09. The number of non-ortho nitro benzene ring substituents is 1. The second-order valence-electron chi connectivity index (χ2n) is 6.37. The van der Waals surface area contributed by atoms with Gasteiger partial charge in [0.05, 0.1) is 11.0 Å². The standard InChI is InChI=1S/C18H24N4O3/c1-20-10-12-21(13-11-20)9-3-2-4-18-19-14-17(25-18)15-5-7-16(8-6-15)22(23)24/h2-9,17-19H,10-14H2,1H3/b4-2+,9-3+. The van der Waals surface area contributed by atoms with E-state index in [-0.39, 0.29) is 18.0 Å². The molecule has 0 radical (unpaired) electrons. The van der Waals surface area contributed by atoms with Crippen LogP contribution in [0.2, 0.25) is 0 Å². The van der Waals surface area contributed by atoms with Gasteiger partial charge in [-0.2, -0.15) is 0 Å². The van der Waals surface area contributed by atoms with Crippen molar-refractivity contribution in [1.82, 2.24) is 15.1 Å². The van der Waals surface area contributed by atoms with Crippen LogP contribution in [0.1, 0.15) is 11.7 Å². The lowest BCUT2D eigenvalue weighted by Gasteiger charge is -2.31. The Morgan fingerprint density at radius 3 is 2.60 bits per heavy atom. The van der Waals surface area contributed by atoms with Crippen molar-refractivity contribution >= 4 is 5.69 Å². The van der Waals surface area contributed by atoms with Crippen LogP contribution in [0, 0.1) is 10.1 Å². The molecule has 0 saturated carbocycles. The van der Waals surface area contributed by atoms with E-state index in [1.165, 1.54) is 12.1 Å². The summed E-state index contributed by atoms with van der Waals surface area (Å²) in [6, 6.07) is 6.54. The van der Waals surface area contributed by atoms with Gasteiger partial charge in [-0.05, 0) is 43.1 Å². The molecule has 2 aliphatic heterocycles. The topological polar surface area (TPSA) is 70.9 Å². The number of nitro groups is 1. The number of nitrogens with one attached hydrogen (secondary N) is 1. The zero-order valence-electron chi connectivity index (χ0n) is 14.4. The number of rotatable bonds is 5. The van der Waals surface area contributed by atoms with Gasteiger partial charge in [-0.15, -0.1) is 0 Å². The van der Waals surface area contributed by atoms with E-state index in [0.29, 0.717) is 6.54 Å². The zero-order valence-corrected chi connectivity index (χ0v) is 14.4. The largest absolute Gasteiger partial charge is 0.375 e. The van der Waals surface area contributed by atoms with Crippen molar-refractivity contribution in [2.75, 3.05) is 39.8 Å². The van der Waals surface area contributed by atoms with Crippen molar-refractivity contribution in [3.8, 4) is 0 Å². The van der Waals surface area contributed by atoms with Gasteiger partial charge in [0, 0.05) is 44.9 Å².